The minimum atomic E-state index is -0.358. The van der Waals surface area contributed by atoms with Crippen LogP contribution in [0.4, 0.5) is 0 Å². The maximum Gasteiger partial charge on any atom is 0.464 e. The van der Waals surface area contributed by atoms with Gasteiger partial charge >= 0.3 is 14.2 Å². The highest BCUT2D eigenvalue weighted by atomic mass is 16.7. The monoisotopic (exact) mass is 440 g/mol. The Balaban J connectivity index is 1.36. The van der Waals surface area contributed by atoms with Crippen molar-refractivity contribution in [1.29, 1.82) is 0 Å². The summed E-state index contributed by atoms with van der Waals surface area (Å²) in [6, 6.07) is 10.4. The Labute approximate surface area is 194 Å². The van der Waals surface area contributed by atoms with E-state index in [4.69, 9.17) is 23.4 Å². The lowest BCUT2D eigenvalue weighted by molar-refractivity contribution is -0.165. The molecule has 5 aliphatic rings. The molecule has 174 valence electrons. The maximum absolute atomic E-state index is 6.56. The van der Waals surface area contributed by atoms with Gasteiger partial charge in [0.25, 0.3) is 0 Å². The van der Waals surface area contributed by atoms with Gasteiger partial charge in [0.1, 0.15) is 0 Å². The first kappa shape index (κ1) is 22.9. The predicted octanol–water partition coefficient (Wildman–Crippen LogP) is 5.29. The van der Waals surface area contributed by atoms with E-state index >= 15 is 0 Å². The second-order valence-electron chi connectivity index (χ2n) is 12.6. The van der Waals surface area contributed by atoms with E-state index in [1.54, 1.807) is 0 Å². The van der Waals surface area contributed by atoms with Crippen molar-refractivity contribution in [2.75, 3.05) is 6.61 Å². The fourth-order valence-electron chi connectivity index (χ4n) is 6.16. The zero-order valence-electron chi connectivity index (χ0n) is 21.0. The molecule has 2 bridgehead atoms. The highest BCUT2D eigenvalue weighted by molar-refractivity contribution is 6.59. The fourth-order valence-corrected chi connectivity index (χ4v) is 6.16. The summed E-state index contributed by atoms with van der Waals surface area (Å²) >= 11 is 0. The normalized spacial score (nSPS) is 37.8. The quantitative estimate of drug-likeness (QED) is 0.563. The molecule has 0 amide bonds. The van der Waals surface area contributed by atoms with E-state index in [1.807, 2.05) is 6.07 Å². The van der Waals surface area contributed by atoms with E-state index in [1.165, 1.54) is 5.56 Å². The Morgan fingerprint density at radius 2 is 1.28 bits per heavy atom. The molecule has 1 atom stereocenters. The van der Waals surface area contributed by atoms with Crippen molar-refractivity contribution in [3.63, 3.8) is 0 Å². The topological polar surface area (TPSA) is 46.2 Å². The van der Waals surface area contributed by atoms with Crippen molar-refractivity contribution in [2.45, 2.75) is 108 Å². The average Bonchev–Trinajstić information content (AvgIpc) is 2.95. The Kier molecular flexibility index (Phi) is 4.91. The molecule has 5 fully saturated rings. The van der Waals surface area contributed by atoms with Gasteiger partial charge in [-0.05, 0) is 79.2 Å². The van der Waals surface area contributed by atoms with Gasteiger partial charge < -0.3 is 23.4 Å². The molecule has 1 aromatic carbocycles. The number of benzene rings is 1. The first-order valence-electron chi connectivity index (χ1n) is 12.1. The third kappa shape index (κ3) is 3.11. The minimum Gasteiger partial charge on any atom is -0.403 e. The number of hydrogen-bond acceptors (Lipinski definition) is 5. The Morgan fingerprint density at radius 3 is 1.81 bits per heavy atom. The maximum atomic E-state index is 6.56. The molecule has 3 saturated carbocycles. The average molecular weight is 440 g/mol. The van der Waals surface area contributed by atoms with Crippen LogP contribution in [0.2, 0.25) is 11.1 Å². The molecule has 6 rings (SSSR count). The van der Waals surface area contributed by atoms with Crippen LogP contribution in [0, 0.1) is 5.41 Å². The van der Waals surface area contributed by atoms with E-state index in [2.05, 4.69) is 79.7 Å². The van der Waals surface area contributed by atoms with Crippen LogP contribution in [0.1, 0.15) is 73.8 Å². The molecular formula is C25H38B2O5. The highest BCUT2D eigenvalue weighted by Gasteiger charge is 2.86. The van der Waals surface area contributed by atoms with Crippen LogP contribution in [0.25, 0.3) is 0 Å². The summed E-state index contributed by atoms with van der Waals surface area (Å²) in [5.41, 5.74) is -0.146. The van der Waals surface area contributed by atoms with Gasteiger partial charge in [-0.2, -0.15) is 0 Å². The van der Waals surface area contributed by atoms with Crippen molar-refractivity contribution in [2.24, 2.45) is 5.41 Å². The van der Waals surface area contributed by atoms with E-state index < -0.39 is 0 Å². The van der Waals surface area contributed by atoms with Crippen molar-refractivity contribution < 1.29 is 23.4 Å². The Hall–Kier alpha value is -0.850. The van der Waals surface area contributed by atoms with Gasteiger partial charge in [-0.25, -0.2) is 0 Å². The predicted molar refractivity (Wildman–Crippen MR) is 126 cm³/mol. The first-order valence-corrected chi connectivity index (χ1v) is 12.1. The molecular weight excluding hydrogens is 402 g/mol. The lowest BCUT2D eigenvalue weighted by Gasteiger charge is -2.76. The summed E-state index contributed by atoms with van der Waals surface area (Å²) in [5.74, 6) is 0.196. The SMILES string of the molecule is CC1(C)OB(C2C3(COCc4ccccc4)CC2(B2OC(C)(C)C(C)(C)O2)C3)OC1(C)C. The second-order valence-corrected chi connectivity index (χ2v) is 12.6. The standard InChI is InChI=1S/C25H38B2O5/c1-20(2)21(3,4)30-26(29-20)19-24(17-28-14-18-12-10-9-11-13-18)15-25(19,16-24)27-31-22(5,6)23(7,8)32-27/h9-13,19H,14-17H2,1-8H3. The molecule has 0 spiro atoms. The lowest BCUT2D eigenvalue weighted by Crippen LogP contribution is -2.73. The van der Waals surface area contributed by atoms with E-state index in [0.717, 1.165) is 12.8 Å². The highest BCUT2D eigenvalue weighted by Crippen LogP contribution is 2.88. The molecule has 7 heteroatoms. The molecule has 1 aromatic rings. The largest absolute Gasteiger partial charge is 0.464 e. The van der Waals surface area contributed by atoms with Crippen LogP contribution in [0.5, 0.6) is 0 Å². The molecule has 2 heterocycles. The second kappa shape index (κ2) is 6.85. The van der Waals surface area contributed by atoms with Gasteiger partial charge in [-0.1, -0.05) is 30.3 Å². The van der Waals surface area contributed by atoms with E-state index in [0.29, 0.717) is 13.2 Å². The zero-order valence-corrected chi connectivity index (χ0v) is 21.0. The van der Waals surface area contributed by atoms with Gasteiger partial charge in [0.15, 0.2) is 0 Å². The summed E-state index contributed by atoms with van der Waals surface area (Å²) < 4.78 is 32.5. The van der Waals surface area contributed by atoms with Gasteiger partial charge in [-0.15, -0.1) is 0 Å². The molecule has 3 aliphatic carbocycles. The molecule has 1 unspecified atom stereocenters. The molecule has 0 radical (unpaired) electrons. The number of rotatable bonds is 6. The van der Waals surface area contributed by atoms with Crippen molar-refractivity contribution in [3.8, 4) is 0 Å². The van der Waals surface area contributed by atoms with Crippen LogP contribution in [-0.4, -0.2) is 43.2 Å². The van der Waals surface area contributed by atoms with Crippen LogP contribution < -0.4 is 0 Å². The smallest absolute Gasteiger partial charge is 0.403 e. The van der Waals surface area contributed by atoms with Crippen molar-refractivity contribution in [3.05, 3.63) is 35.9 Å². The summed E-state index contributed by atoms with van der Waals surface area (Å²) in [6.45, 7) is 18.3. The van der Waals surface area contributed by atoms with E-state index in [-0.39, 0.29) is 53.2 Å². The molecule has 2 saturated heterocycles. The third-order valence-corrected chi connectivity index (χ3v) is 9.41. The summed E-state index contributed by atoms with van der Waals surface area (Å²) in [7, 11) is -0.519. The van der Waals surface area contributed by atoms with Crippen LogP contribution in [0.3, 0.4) is 0 Å². The Bertz CT molecular complexity index is 844. The molecule has 5 nitrogen and oxygen atoms in total. The number of hydrogen-bond donors (Lipinski definition) is 0. The fraction of sp³-hybridized carbons (Fsp3) is 0.760. The van der Waals surface area contributed by atoms with Gasteiger partial charge in [0.05, 0.1) is 35.6 Å². The minimum absolute atomic E-state index is 0.0551. The van der Waals surface area contributed by atoms with E-state index in [9.17, 15) is 0 Å². The van der Waals surface area contributed by atoms with Crippen LogP contribution in [0.15, 0.2) is 30.3 Å². The van der Waals surface area contributed by atoms with Gasteiger partial charge in [0, 0.05) is 11.1 Å². The van der Waals surface area contributed by atoms with Gasteiger partial charge in [0.2, 0.25) is 0 Å². The summed E-state index contributed by atoms with van der Waals surface area (Å²) in [4.78, 5) is 0. The molecule has 0 aromatic heterocycles. The zero-order chi connectivity index (χ0) is 23.2. The van der Waals surface area contributed by atoms with Crippen molar-refractivity contribution >= 4 is 14.2 Å². The van der Waals surface area contributed by atoms with Crippen LogP contribution in [-0.2, 0) is 30.0 Å². The Morgan fingerprint density at radius 1 is 0.781 bits per heavy atom. The van der Waals surface area contributed by atoms with Gasteiger partial charge in [-0.3, -0.25) is 0 Å². The summed E-state index contributed by atoms with van der Waals surface area (Å²) in [5, 5.41) is -0.0810. The summed E-state index contributed by atoms with van der Waals surface area (Å²) in [6.07, 6.45) is 2.06. The first-order chi connectivity index (χ1) is 14.7. The molecule has 0 N–H and O–H groups in total. The molecule has 32 heavy (non-hydrogen) atoms. The number of ether oxygens (including phenoxy) is 1. The molecule has 2 aliphatic heterocycles. The van der Waals surface area contributed by atoms with Crippen LogP contribution >= 0.6 is 0 Å². The third-order valence-electron chi connectivity index (χ3n) is 9.41. The lowest BCUT2D eigenvalue weighted by atomic mass is 9.13. The van der Waals surface area contributed by atoms with Crippen molar-refractivity contribution in [1.82, 2.24) is 0 Å².